The number of hydrogen-bond donors (Lipinski definition) is 1. The van der Waals surface area contributed by atoms with Crippen molar-refractivity contribution in [3.05, 3.63) is 57.3 Å². The van der Waals surface area contributed by atoms with Gasteiger partial charge in [-0.05, 0) is 43.4 Å². The summed E-state index contributed by atoms with van der Waals surface area (Å²) in [4.78, 5) is 25.4. The number of nitrogens with one attached hydrogen (secondary N) is 1. The predicted molar refractivity (Wildman–Crippen MR) is 128 cm³/mol. The molecule has 2 aromatic heterocycles. The molecule has 1 N–H and O–H groups in total. The number of amides is 1. The first-order valence-electron chi connectivity index (χ1n) is 10.7. The van der Waals surface area contributed by atoms with Gasteiger partial charge in [-0.1, -0.05) is 24.3 Å². The number of nitriles is 1. The summed E-state index contributed by atoms with van der Waals surface area (Å²) in [6.45, 7) is 5.84. The molecule has 10 nitrogen and oxygen atoms in total. The number of rotatable bonds is 6. The zero-order valence-corrected chi connectivity index (χ0v) is 19.5. The highest BCUT2D eigenvalue weighted by molar-refractivity contribution is 7.19. The third-order valence-electron chi connectivity index (χ3n) is 5.66. The molecule has 0 radical (unpaired) electrons. The zero-order chi connectivity index (χ0) is 24.2. The Morgan fingerprint density at radius 3 is 2.79 bits per heavy atom. The molecule has 4 rings (SSSR count). The molecule has 0 bridgehead atoms. The molecule has 0 aliphatic carbocycles. The van der Waals surface area contributed by atoms with E-state index in [0.29, 0.717) is 22.4 Å². The molecule has 3 aromatic rings. The molecule has 0 spiro atoms. The Labute approximate surface area is 199 Å². The molecule has 1 saturated heterocycles. The Hall–Kier alpha value is -4.04. The van der Waals surface area contributed by atoms with Crippen LogP contribution in [0.4, 0.5) is 16.0 Å². The van der Waals surface area contributed by atoms with Gasteiger partial charge in [0, 0.05) is 36.9 Å². The predicted octanol–water partition coefficient (Wildman–Crippen LogP) is 4.80. The molecule has 1 amide bonds. The molecular formula is C23H22N6O4S. The van der Waals surface area contributed by atoms with Gasteiger partial charge in [0.15, 0.2) is 0 Å². The highest BCUT2D eigenvalue weighted by atomic mass is 32.1. The standard InChI is InChI=1S/C23H22N6O4S/c1-14-7-9-28(10-8-14)23-27-26-22(34-23)25-21(30)16(13-24)11-18-5-6-20(33-18)19-12-17(29(31)32)4-3-15(19)2/h3-6,11-12,14H,7-10H2,1-2H3,(H,25,26,30). The summed E-state index contributed by atoms with van der Waals surface area (Å²) < 4.78 is 5.75. The number of carbonyl (C=O) groups is 1. The van der Waals surface area contributed by atoms with Crippen molar-refractivity contribution < 1.29 is 14.1 Å². The third-order valence-corrected chi connectivity index (χ3v) is 6.56. The van der Waals surface area contributed by atoms with E-state index in [1.165, 1.54) is 29.5 Å². The van der Waals surface area contributed by atoms with Crippen molar-refractivity contribution in [2.45, 2.75) is 26.7 Å². The number of benzene rings is 1. The summed E-state index contributed by atoms with van der Waals surface area (Å²) in [6.07, 6.45) is 3.49. The maximum atomic E-state index is 12.6. The van der Waals surface area contributed by atoms with Gasteiger partial charge in [0.25, 0.3) is 11.6 Å². The number of nitro groups is 1. The molecule has 34 heavy (non-hydrogen) atoms. The minimum atomic E-state index is -0.623. The summed E-state index contributed by atoms with van der Waals surface area (Å²) in [6, 6.07) is 9.60. The fourth-order valence-corrected chi connectivity index (χ4v) is 4.40. The van der Waals surface area contributed by atoms with Gasteiger partial charge < -0.3 is 9.32 Å². The average Bonchev–Trinajstić information content (AvgIpc) is 3.48. The Morgan fingerprint density at radius 1 is 1.32 bits per heavy atom. The first-order valence-corrected chi connectivity index (χ1v) is 11.5. The number of aromatic nitrogens is 2. The van der Waals surface area contributed by atoms with E-state index in [4.69, 9.17) is 4.42 Å². The number of non-ortho nitro benzene ring substituents is 1. The van der Waals surface area contributed by atoms with Crippen molar-refractivity contribution in [1.82, 2.24) is 10.2 Å². The van der Waals surface area contributed by atoms with E-state index in [0.717, 1.165) is 36.6 Å². The van der Waals surface area contributed by atoms with Gasteiger partial charge in [0.2, 0.25) is 10.3 Å². The van der Waals surface area contributed by atoms with Crippen LogP contribution in [-0.2, 0) is 4.79 Å². The van der Waals surface area contributed by atoms with Crippen molar-refractivity contribution >= 4 is 39.3 Å². The minimum Gasteiger partial charge on any atom is -0.457 e. The van der Waals surface area contributed by atoms with Gasteiger partial charge >= 0.3 is 0 Å². The molecule has 1 aliphatic heterocycles. The molecule has 0 unspecified atom stereocenters. The van der Waals surface area contributed by atoms with Gasteiger partial charge in [-0.2, -0.15) is 5.26 Å². The summed E-state index contributed by atoms with van der Waals surface area (Å²) in [5.74, 6) is 0.736. The Kier molecular flexibility index (Phi) is 6.70. The largest absolute Gasteiger partial charge is 0.457 e. The van der Waals surface area contributed by atoms with Crippen LogP contribution in [0.3, 0.4) is 0 Å². The quantitative estimate of drug-likeness (QED) is 0.231. The monoisotopic (exact) mass is 478 g/mol. The molecule has 0 saturated carbocycles. The van der Waals surface area contributed by atoms with Crippen molar-refractivity contribution in [2.75, 3.05) is 23.3 Å². The van der Waals surface area contributed by atoms with Gasteiger partial charge in [-0.25, -0.2) is 0 Å². The van der Waals surface area contributed by atoms with E-state index < -0.39 is 10.8 Å². The molecule has 1 fully saturated rings. The highest BCUT2D eigenvalue weighted by Gasteiger charge is 2.21. The van der Waals surface area contributed by atoms with Crippen LogP contribution in [0.15, 0.2) is 40.3 Å². The van der Waals surface area contributed by atoms with E-state index in [1.54, 1.807) is 18.2 Å². The number of piperidine rings is 1. The second kappa shape index (κ2) is 9.84. The van der Waals surface area contributed by atoms with E-state index in [9.17, 15) is 20.2 Å². The lowest BCUT2D eigenvalue weighted by Crippen LogP contribution is -2.32. The van der Waals surface area contributed by atoms with Crippen LogP contribution < -0.4 is 10.2 Å². The van der Waals surface area contributed by atoms with Crippen molar-refractivity contribution in [1.29, 1.82) is 5.26 Å². The SMILES string of the molecule is Cc1ccc([N+](=O)[O-])cc1-c1ccc(C=C(C#N)C(=O)Nc2nnc(N3CCC(C)CC3)s2)o1. The van der Waals surface area contributed by atoms with Crippen LogP contribution in [-0.4, -0.2) is 34.1 Å². The maximum absolute atomic E-state index is 12.6. The van der Waals surface area contributed by atoms with E-state index in [-0.39, 0.29) is 17.0 Å². The number of furan rings is 1. The fraction of sp³-hybridized carbons (Fsp3) is 0.304. The lowest BCUT2D eigenvalue weighted by atomic mass is 10.00. The van der Waals surface area contributed by atoms with Crippen LogP contribution in [0.1, 0.15) is 31.1 Å². The first kappa shape index (κ1) is 23.1. The molecule has 174 valence electrons. The first-order chi connectivity index (χ1) is 16.3. The normalized spacial score (nSPS) is 14.6. The van der Waals surface area contributed by atoms with Gasteiger partial charge in [0.05, 0.1) is 4.92 Å². The van der Waals surface area contributed by atoms with Crippen LogP contribution in [0.5, 0.6) is 0 Å². The van der Waals surface area contributed by atoms with E-state index >= 15 is 0 Å². The molecule has 1 aromatic carbocycles. The summed E-state index contributed by atoms with van der Waals surface area (Å²) >= 11 is 1.27. The van der Waals surface area contributed by atoms with Crippen LogP contribution >= 0.6 is 11.3 Å². The van der Waals surface area contributed by atoms with Gasteiger partial charge in [0.1, 0.15) is 23.2 Å². The fourth-order valence-electron chi connectivity index (χ4n) is 3.61. The summed E-state index contributed by atoms with van der Waals surface area (Å²) in [5.41, 5.74) is 1.14. The second-order valence-corrected chi connectivity index (χ2v) is 9.10. The minimum absolute atomic E-state index is 0.0540. The lowest BCUT2D eigenvalue weighted by Gasteiger charge is -2.29. The van der Waals surface area contributed by atoms with Crippen LogP contribution in [0, 0.1) is 34.3 Å². The number of carbonyl (C=O) groups excluding carboxylic acids is 1. The van der Waals surface area contributed by atoms with Crippen molar-refractivity contribution in [3.8, 4) is 17.4 Å². The molecular weight excluding hydrogens is 456 g/mol. The summed E-state index contributed by atoms with van der Waals surface area (Å²) in [5, 5.41) is 32.5. The molecule has 1 aliphatic rings. The zero-order valence-electron chi connectivity index (χ0n) is 18.6. The Morgan fingerprint density at radius 2 is 2.09 bits per heavy atom. The van der Waals surface area contributed by atoms with Gasteiger partial charge in [-0.3, -0.25) is 20.2 Å². The topological polar surface area (TPSA) is 138 Å². The van der Waals surface area contributed by atoms with Crippen molar-refractivity contribution in [2.24, 2.45) is 5.92 Å². The maximum Gasteiger partial charge on any atom is 0.270 e. The molecule has 3 heterocycles. The average molecular weight is 479 g/mol. The number of nitro benzene ring substituents is 1. The second-order valence-electron chi connectivity index (χ2n) is 8.14. The third kappa shape index (κ3) is 5.13. The van der Waals surface area contributed by atoms with Crippen LogP contribution in [0.2, 0.25) is 0 Å². The smallest absolute Gasteiger partial charge is 0.270 e. The number of hydrogen-bond acceptors (Lipinski definition) is 9. The van der Waals surface area contributed by atoms with Gasteiger partial charge in [-0.15, -0.1) is 10.2 Å². The molecule has 0 atom stereocenters. The number of aryl methyl sites for hydroxylation is 1. The molecule has 11 heteroatoms. The van der Waals surface area contributed by atoms with Crippen molar-refractivity contribution in [3.63, 3.8) is 0 Å². The summed E-state index contributed by atoms with van der Waals surface area (Å²) in [7, 11) is 0. The number of anilines is 2. The lowest BCUT2D eigenvalue weighted by molar-refractivity contribution is -0.384. The van der Waals surface area contributed by atoms with E-state index in [2.05, 4.69) is 27.3 Å². The van der Waals surface area contributed by atoms with E-state index in [1.807, 2.05) is 13.0 Å². The van der Waals surface area contributed by atoms with Crippen LogP contribution in [0.25, 0.3) is 17.4 Å². The highest BCUT2D eigenvalue weighted by Crippen LogP contribution is 2.31. The number of nitrogens with zero attached hydrogens (tertiary/aromatic N) is 5. The Bertz CT molecular complexity index is 1300. The Balaban J connectivity index is 1.48.